The van der Waals surface area contributed by atoms with E-state index in [2.05, 4.69) is 15.5 Å². The molecule has 0 bridgehead atoms. The van der Waals surface area contributed by atoms with Gasteiger partial charge in [-0.15, -0.1) is 0 Å². The molecule has 116 valence electrons. The van der Waals surface area contributed by atoms with E-state index >= 15 is 0 Å². The van der Waals surface area contributed by atoms with Crippen LogP contribution in [0.3, 0.4) is 0 Å². The maximum atomic E-state index is 12.0. The standard InChI is InChI=1S/C16H24ClN3O/c1-18-11-15-6-3-9-20(15)12-16(21)19-8-7-13-4-2-5-14(17)10-13/h2,4-5,10,15,18H,3,6-9,11-12H2,1H3,(H,19,21). The molecule has 0 spiro atoms. The van der Waals surface area contributed by atoms with Crippen LogP contribution in [0.4, 0.5) is 0 Å². The van der Waals surface area contributed by atoms with Crippen LogP contribution in [-0.2, 0) is 11.2 Å². The number of nitrogens with zero attached hydrogens (tertiary/aromatic N) is 1. The minimum Gasteiger partial charge on any atom is -0.355 e. The van der Waals surface area contributed by atoms with Gasteiger partial charge in [0, 0.05) is 24.2 Å². The predicted octanol–water partition coefficient (Wildman–Crippen LogP) is 1.68. The lowest BCUT2D eigenvalue weighted by Gasteiger charge is -2.23. The Morgan fingerprint density at radius 3 is 3.10 bits per heavy atom. The van der Waals surface area contributed by atoms with E-state index in [0.717, 1.165) is 30.1 Å². The normalized spacial score (nSPS) is 18.9. The van der Waals surface area contributed by atoms with Gasteiger partial charge in [-0.3, -0.25) is 9.69 Å². The molecule has 1 saturated heterocycles. The van der Waals surface area contributed by atoms with Crippen LogP contribution >= 0.6 is 11.6 Å². The van der Waals surface area contributed by atoms with Crippen molar-refractivity contribution >= 4 is 17.5 Å². The van der Waals surface area contributed by atoms with Gasteiger partial charge in [-0.05, 0) is 50.6 Å². The van der Waals surface area contributed by atoms with Crippen LogP contribution in [0.1, 0.15) is 18.4 Å². The molecule has 0 aromatic heterocycles. The quantitative estimate of drug-likeness (QED) is 0.805. The molecule has 0 aliphatic carbocycles. The van der Waals surface area contributed by atoms with Crippen LogP contribution < -0.4 is 10.6 Å². The maximum Gasteiger partial charge on any atom is 0.234 e. The van der Waals surface area contributed by atoms with E-state index in [0.29, 0.717) is 19.1 Å². The molecular formula is C16H24ClN3O. The first-order valence-electron chi connectivity index (χ1n) is 7.59. The van der Waals surface area contributed by atoms with Gasteiger partial charge in [0.05, 0.1) is 6.54 Å². The molecule has 2 N–H and O–H groups in total. The summed E-state index contributed by atoms with van der Waals surface area (Å²) < 4.78 is 0. The third-order valence-electron chi connectivity index (χ3n) is 3.91. The highest BCUT2D eigenvalue weighted by atomic mass is 35.5. The Balaban J connectivity index is 1.70. The van der Waals surface area contributed by atoms with Gasteiger partial charge >= 0.3 is 0 Å². The Hall–Kier alpha value is -1.10. The van der Waals surface area contributed by atoms with Crippen LogP contribution in [0.25, 0.3) is 0 Å². The molecule has 4 nitrogen and oxygen atoms in total. The average molecular weight is 310 g/mol. The number of hydrogen-bond acceptors (Lipinski definition) is 3. The monoisotopic (exact) mass is 309 g/mol. The molecule has 0 radical (unpaired) electrons. The highest BCUT2D eigenvalue weighted by molar-refractivity contribution is 6.30. The van der Waals surface area contributed by atoms with Crippen molar-refractivity contribution in [3.05, 3.63) is 34.9 Å². The van der Waals surface area contributed by atoms with E-state index < -0.39 is 0 Å². The van der Waals surface area contributed by atoms with Gasteiger partial charge < -0.3 is 10.6 Å². The number of likely N-dealkylation sites (N-methyl/N-ethyl adjacent to an activating group) is 1. The number of hydrogen-bond donors (Lipinski definition) is 2. The molecule has 21 heavy (non-hydrogen) atoms. The molecule has 2 rings (SSSR count). The molecule has 0 saturated carbocycles. The van der Waals surface area contributed by atoms with E-state index in [1.165, 1.54) is 12.8 Å². The summed E-state index contributed by atoms with van der Waals surface area (Å²) in [6.07, 6.45) is 3.17. The Kier molecular flexibility index (Phi) is 6.49. The van der Waals surface area contributed by atoms with Crippen LogP contribution in [0.5, 0.6) is 0 Å². The lowest BCUT2D eigenvalue weighted by atomic mass is 10.1. The summed E-state index contributed by atoms with van der Waals surface area (Å²) in [6.45, 7) is 3.13. The Bertz CT molecular complexity index is 467. The summed E-state index contributed by atoms with van der Waals surface area (Å²) in [7, 11) is 1.96. The average Bonchev–Trinajstić information content (AvgIpc) is 2.86. The van der Waals surface area contributed by atoms with Crippen molar-refractivity contribution in [1.29, 1.82) is 0 Å². The van der Waals surface area contributed by atoms with Gasteiger partial charge in [0.15, 0.2) is 0 Å². The summed E-state index contributed by atoms with van der Waals surface area (Å²) >= 11 is 5.95. The fourth-order valence-corrected chi connectivity index (χ4v) is 3.06. The molecule has 5 heteroatoms. The van der Waals surface area contributed by atoms with Gasteiger partial charge in [-0.2, -0.15) is 0 Å². The molecule has 1 aliphatic rings. The van der Waals surface area contributed by atoms with Crippen molar-refractivity contribution in [3.63, 3.8) is 0 Å². The molecule has 1 aromatic carbocycles. The third kappa shape index (κ3) is 5.30. The topological polar surface area (TPSA) is 44.4 Å². The second kappa shape index (κ2) is 8.37. The molecule has 1 aliphatic heterocycles. The van der Waals surface area contributed by atoms with E-state index in [1.54, 1.807) is 0 Å². The molecule has 1 aromatic rings. The van der Waals surface area contributed by atoms with Gasteiger partial charge in [0.1, 0.15) is 0 Å². The second-order valence-corrected chi connectivity index (χ2v) is 5.99. The fraction of sp³-hybridized carbons (Fsp3) is 0.562. The first-order valence-corrected chi connectivity index (χ1v) is 7.96. The van der Waals surface area contributed by atoms with Crippen molar-refractivity contribution in [2.75, 3.05) is 33.2 Å². The molecule has 1 heterocycles. The van der Waals surface area contributed by atoms with Crippen LogP contribution in [0.15, 0.2) is 24.3 Å². The van der Waals surface area contributed by atoms with Crippen molar-refractivity contribution in [3.8, 4) is 0 Å². The van der Waals surface area contributed by atoms with Gasteiger partial charge in [0.25, 0.3) is 0 Å². The zero-order valence-corrected chi connectivity index (χ0v) is 13.3. The van der Waals surface area contributed by atoms with Gasteiger partial charge in [-0.1, -0.05) is 23.7 Å². The zero-order valence-electron chi connectivity index (χ0n) is 12.6. The van der Waals surface area contributed by atoms with E-state index in [9.17, 15) is 4.79 Å². The van der Waals surface area contributed by atoms with Crippen molar-refractivity contribution in [1.82, 2.24) is 15.5 Å². The minimum absolute atomic E-state index is 0.111. The van der Waals surface area contributed by atoms with Gasteiger partial charge in [-0.25, -0.2) is 0 Å². The van der Waals surface area contributed by atoms with Crippen molar-refractivity contribution in [2.45, 2.75) is 25.3 Å². The number of carbonyl (C=O) groups is 1. The third-order valence-corrected chi connectivity index (χ3v) is 4.15. The van der Waals surface area contributed by atoms with Gasteiger partial charge in [0.2, 0.25) is 5.91 Å². The molecule has 1 amide bonds. The number of amides is 1. The zero-order chi connectivity index (χ0) is 15.1. The SMILES string of the molecule is CNCC1CCCN1CC(=O)NCCc1cccc(Cl)c1. The predicted molar refractivity (Wildman–Crippen MR) is 86.7 cm³/mol. The van der Waals surface area contributed by atoms with Crippen molar-refractivity contribution < 1.29 is 4.79 Å². The Morgan fingerprint density at radius 2 is 2.33 bits per heavy atom. The number of benzene rings is 1. The Labute approximate surface area is 131 Å². The fourth-order valence-electron chi connectivity index (χ4n) is 2.85. The number of nitrogens with one attached hydrogen (secondary N) is 2. The molecule has 1 atom stereocenters. The summed E-state index contributed by atoms with van der Waals surface area (Å²) in [5.41, 5.74) is 1.15. The smallest absolute Gasteiger partial charge is 0.234 e. The number of carbonyl (C=O) groups excluding carboxylic acids is 1. The Morgan fingerprint density at radius 1 is 1.48 bits per heavy atom. The number of halogens is 1. The number of likely N-dealkylation sites (tertiary alicyclic amines) is 1. The summed E-state index contributed by atoms with van der Waals surface area (Å²) in [6, 6.07) is 8.26. The van der Waals surface area contributed by atoms with E-state index in [-0.39, 0.29) is 5.91 Å². The van der Waals surface area contributed by atoms with Crippen LogP contribution in [-0.4, -0.2) is 50.1 Å². The van der Waals surface area contributed by atoms with Crippen LogP contribution in [0, 0.1) is 0 Å². The maximum absolute atomic E-state index is 12.0. The largest absolute Gasteiger partial charge is 0.355 e. The first-order chi connectivity index (χ1) is 10.2. The lowest BCUT2D eigenvalue weighted by molar-refractivity contribution is -0.122. The molecule has 1 fully saturated rings. The van der Waals surface area contributed by atoms with Crippen molar-refractivity contribution in [2.24, 2.45) is 0 Å². The number of rotatable bonds is 7. The summed E-state index contributed by atoms with van der Waals surface area (Å²) in [5, 5.41) is 6.93. The second-order valence-electron chi connectivity index (χ2n) is 5.55. The lowest BCUT2D eigenvalue weighted by Crippen LogP contribution is -2.43. The highest BCUT2D eigenvalue weighted by Gasteiger charge is 2.25. The summed E-state index contributed by atoms with van der Waals surface area (Å²) in [5.74, 6) is 0.111. The first kappa shape index (κ1) is 16.3. The van der Waals surface area contributed by atoms with Crippen LogP contribution in [0.2, 0.25) is 5.02 Å². The van der Waals surface area contributed by atoms with E-state index in [4.69, 9.17) is 11.6 Å². The minimum atomic E-state index is 0.111. The summed E-state index contributed by atoms with van der Waals surface area (Å²) in [4.78, 5) is 14.3. The molecule has 1 unspecified atom stereocenters. The van der Waals surface area contributed by atoms with E-state index in [1.807, 2.05) is 31.3 Å². The molecular weight excluding hydrogens is 286 g/mol. The highest BCUT2D eigenvalue weighted by Crippen LogP contribution is 2.15.